The van der Waals surface area contributed by atoms with Gasteiger partial charge in [0, 0.05) is 12.4 Å². The molecular formula is C15H12FN3O2S. The van der Waals surface area contributed by atoms with E-state index in [-0.39, 0.29) is 10.5 Å². The molecule has 0 atom stereocenters. The van der Waals surface area contributed by atoms with Gasteiger partial charge in [0.05, 0.1) is 21.6 Å². The summed E-state index contributed by atoms with van der Waals surface area (Å²) in [7, 11) is -3.79. The maximum Gasteiger partial charge on any atom is 0.261 e. The highest BCUT2D eigenvalue weighted by atomic mass is 32.2. The van der Waals surface area contributed by atoms with Crippen LogP contribution in [0.5, 0.6) is 0 Å². The van der Waals surface area contributed by atoms with E-state index in [9.17, 15) is 12.8 Å². The summed E-state index contributed by atoms with van der Waals surface area (Å²) in [4.78, 5) is 8.25. The maximum absolute atomic E-state index is 13.3. The molecule has 1 aromatic heterocycles. The van der Waals surface area contributed by atoms with Crippen LogP contribution in [-0.4, -0.2) is 18.4 Å². The van der Waals surface area contributed by atoms with Gasteiger partial charge in [0.25, 0.3) is 10.0 Å². The fraction of sp³-hybridized carbons (Fsp3) is 0.0667. The third-order valence-corrected chi connectivity index (χ3v) is 4.54. The van der Waals surface area contributed by atoms with E-state index in [1.165, 1.54) is 25.3 Å². The quantitative estimate of drug-likeness (QED) is 0.806. The number of benzene rings is 2. The minimum Gasteiger partial charge on any atom is -0.280 e. The molecule has 2 aromatic carbocycles. The monoisotopic (exact) mass is 317 g/mol. The first kappa shape index (κ1) is 14.4. The molecule has 0 aliphatic heterocycles. The van der Waals surface area contributed by atoms with Crippen LogP contribution in [-0.2, 0) is 10.0 Å². The van der Waals surface area contributed by atoms with Crippen LogP contribution in [0.2, 0.25) is 0 Å². The van der Waals surface area contributed by atoms with Crippen LogP contribution in [0.1, 0.15) is 5.56 Å². The molecule has 0 saturated carbocycles. The number of aromatic nitrogens is 2. The summed E-state index contributed by atoms with van der Waals surface area (Å²) in [5, 5.41) is 0. The molecule has 0 aliphatic rings. The summed E-state index contributed by atoms with van der Waals surface area (Å²) in [6, 6.07) is 8.52. The van der Waals surface area contributed by atoms with E-state index in [0.717, 1.165) is 6.07 Å². The number of hydrogen-bond acceptors (Lipinski definition) is 4. The molecule has 0 radical (unpaired) electrons. The van der Waals surface area contributed by atoms with Crippen molar-refractivity contribution in [3.05, 3.63) is 60.2 Å². The number of rotatable bonds is 3. The molecule has 0 aliphatic carbocycles. The molecule has 0 bridgehead atoms. The molecule has 1 heterocycles. The molecule has 1 N–H and O–H groups in total. The van der Waals surface area contributed by atoms with Gasteiger partial charge < -0.3 is 0 Å². The van der Waals surface area contributed by atoms with Gasteiger partial charge in [0.2, 0.25) is 0 Å². The van der Waals surface area contributed by atoms with Crippen LogP contribution in [0.25, 0.3) is 11.0 Å². The van der Waals surface area contributed by atoms with Crippen molar-refractivity contribution in [1.29, 1.82) is 0 Å². The highest BCUT2D eigenvalue weighted by Gasteiger charge is 2.15. The number of nitrogens with one attached hydrogen (secondary N) is 1. The summed E-state index contributed by atoms with van der Waals surface area (Å²) < 4.78 is 40.4. The Balaban J connectivity index is 1.97. The fourth-order valence-corrected chi connectivity index (χ4v) is 3.16. The van der Waals surface area contributed by atoms with Gasteiger partial charge in [-0.3, -0.25) is 14.7 Å². The van der Waals surface area contributed by atoms with Crippen molar-refractivity contribution in [1.82, 2.24) is 9.97 Å². The largest absolute Gasteiger partial charge is 0.280 e. The van der Waals surface area contributed by atoms with Crippen LogP contribution in [0.4, 0.5) is 10.1 Å². The summed E-state index contributed by atoms with van der Waals surface area (Å²) in [6.07, 6.45) is 3.09. The van der Waals surface area contributed by atoms with Gasteiger partial charge in [0.1, 0.15) is 5.82 Å². The van der Waals surface area contributed by atoms with Gasteiger partial charge in [-0.05, 0) is 48.9 Å². The Bertz CT molecular complexity index is 958. The third kappa shape index (κ3) is 2.75. The van der Waals surface area contributed by atoms with E-state index in [1.54, 1.807) is 24.4 Å². The Morgan fingerprint density at radius 1 is 1.00 bits per heavy atom. The second-order valence-corrected chi connectivity index (χ2v) is 6.46. The van der Waals surface area contributed by atoms with Crippen molar-refractivity contribution in [3.63, 3.8) is 0 Å². The molecule has 0 unspecified atom stereocenters. The second-order valence-electron chi connectivity index (χ2n) is 4.78. The number of fused-ring (bicyclic) bond motifs is 1. The standard InChI is InChI=1S/C15H12FN3O2S/c1-10-8-12(3-4-13(10)16)22(20,21)19-11-2-5-14-15(9-11)18-7-6-17-14/h2-9,19H,1H3. The van der Waals surface area contributed by atoms with E-state index >= 15 is 0 Å². The fourth-order valence-electron chi connectivity index (χ4n) is 2.03. The van der Waals surface area contributed by atoms with E-state index in [4.69, 9.17) is 0 Å². The van der Waals surface area contributed by atoms with Crippen molar-refractivity contribution in [2.24, 2.45) is 0 Å². The van der Waals surface area contributed by atoms with Crippen LogP contribution in [0, 0.1) is 12.7 Å². The number of halogens is 1. The summed E-state index contributed by atoms with van der Waals surface area (Å²) in [6.45, 7) is 1.51. The molecule has 3 rings (SSSR count). The Hall–Kier alpha value is -2.54. The molecule has 5 nitrogen and oxygen atoms in total. The zero-order chi connectivity index (χ0) is 15.7. The minimum atomic E-state index is -3.79. The molecule has 112 valence electrons. The number of aryl methyl sites for hydroxylation is 1. The summed E-state index contributed by atoms with van der Waals surface area (Å²) in [5.74, 6) is -0.445. The van der Waals surface area contributed by atoms with E-state index in [0.29, 0.717) is 16.7 Å². The van der Waals surface area contributed by atoms with Crippen molar-refractivity contribution < 1.29 is 12.8 Å². The normalized spacial score (nSPS) is 11.5. The summed E-state index contributed by atoms with van der Waals surface area (Å²) >= 11 is 0. The van der Waals surface area contributed by atoms with Crippen LogP contribution in [0.3, 0.4) is 0 Å². The van der Waals surface area contributed by atoms with Gasteiger partial charge >= 0.3 is 0 Å². The van der Waals surface area contributed by atoms with E-state index in [1.807, 2.05) is 0 Å². The Labute approximate surface area is 126 Å². The summed E-state index contributed by atoms with van der Waals surface area (Å²) in [5.41, 5.74) is 1.89. The number of anilines is 1. The smallest absolute Gasteiger partial charge is 0.261 e. The molecule has 3 aromatic rings. The van der Waals surface area contributed by atoms with Crippen molar-refractivity contribution in [2.45, 2.75) is 11.8 Å². The van der Waals surface area contributed by atoms with Gasteiger partial charge in [-0.25, -0.2) is 12.8 Å². The van der Waals surface area contributed by atoms with Gasteiger partial charge in [-0.2, -0.15) is 0 Å². The molecule has 7 heteroatoms. The SMILES string of the molecule is Cc1cc(S(=O)(=O)Nc2ccc3nccnc3c2)ccc1F. The molecule has 0 fully saturated rings. The molecule has 0 spiro atoms. The first-order chi connectivity index (χ1) is 10.5. The molecular weight excluding hydrogens is 305 g/mol. The lowest BCUT2D eigenvalue weighted by Gasteiger charge is -2.09. The van der Waals surface area contributed by atoms with Crippen molar-refractivity contribution in [2.75, 3.05) is 4.72 Å². The predicted octanol–water partition coefficient (Wildman–Crippen LogP) is 2.88. The average molecular weight is 317 g/mol. The highest BCUT2D eigenvalue weighted by molar-refractivity contribution is 7.92. The lowest BCUT2D eigenvalue weighted by atomic mass is 10.2. The molecule has 0 amide bonds. The lowest BCUT2D eigenvalue weighted by Crippen LogP contribution is -2.13. The Kier molecular flexibility index (Phi) is 3.50. The Morgan fingerprint density at radius 2 is 1.73 bits per heavy atom. The highest BCUT2D eigenvalue weighted by Crippen LogP contribution is 2.20. The molecule has 22 heavy (non-hydrogen) atoms. The van der Waals surface area contributed by atoms with Crippen LogP contribution in [0.15, 0.2) is 53.7 Å². The predicted molar refractivity (Wildman–Crippen MR) is 81.5 cm³/mol. The minimum absolute atomic E-state index is 0.00522. The van der Waals surface area contributed by atoms with Gasteiger partial charge in [-0.1, -0.05) is 0 Å². The van der Waals surface area contributed by atoms with E-state index < -0.39 is 15.8 Å². The van der Waals surface area contributed by atoms with Crippen molar-refractivity contribution >= 4 is 26.7 Å². The van der Waals surface area contributed by atoms with Crippen LogP contribution < -0.4 is 4.72 Å². The van der Waals surface area contributed by atoms with E-state index in [2.05, 4.69) is 14.7 Å². The molecule has 0 saturated heterocycles. The van der Waals surface area contributed by atoms with Gasteiger partial charge in [0.15, 0.2) is 0 Å². The first-order valence-electron chi connectivity index (χ1n) is 6.45. The topological polar surface area (TPSA) is 72.0 Å². The average Bonchev–Trinajstić information content (AvgIpc) is 2.49. The third-order valence-electron chi connectivity index (χ3n) is 3.16. The number of sulfonamides is 1. The van der Waals surface area contributed by atoms with Gasteiger partial charge in [-0.15, -0.1) is 0 Å². The maximum atomic E-state index is 13.3. The second kappa shape index (κ2) is 5.34. The first-order valence-corrected chi connectivity index (χ1v) is 7.94. The van der Waals surface area contributed by atoms with Crippen molar-refractivity contribution in [3.8, 4) is 0 Å². The Morgan fingerprint density at radius 3 is 2.45 bits per heavy atom. The zero-order valence-corrected chi connectivity index (χ0v) is 12.4. The number of hydrogen-bond donors (Lipinski definition) is 1. The zero-order valence-electron chi connectivity index (χ0n) is 11.6. The number of nitrogens with zero attached hydrogens (tertiary/aromatic N) is 2. The lowest BCUT2D eigenvalue weighted by molar-refractivity contribution is 0.598. The van der Waals surface area contributed by atoms with Crippen LogP contribution >= 0.6 is 0 Å².